The Labute approximate surface area is 140 Å². The van der Waals surface area contributed by atoms with Gasteiger partial charge in [0.2, 0.25) is 5.91 Å². The summed E-state index contributed by atoms with van der Waals surface area (Å²) in [6.45, 7) is 2.44. The number of urea groups is 1. The minimum Gasteiger partial charge on any atom is -0.344 e. The van der Waals surface area contributed by atoms with E-state index in [0.29, 0.717) is 6.54 Å². The van der Waals surface area contributed by atoms with Crippen LogP contribution in [0.2, 0.25) is 0 Å². The Kier molecular flexibility index (Phi) is 6.04. The van der Waals surface area contributed by atoms with Gasteiger partial charge in [0.15, 0.2) is 0 Å². The summed E-state index contributed by atoms with van der Waals surface area (Å²) >= 11 is 1.75. The number of rotatable bonds is 7. The molecule has 0 unspecified atom stereocenters. The van der Waals surface area contributed by atoms with E-state index in [1.807, 2.05) is 0 Å². The number of thioether (sulfide) groups is 1. The SMILES string of the molecule is Cc1ccc(SCCCN(C)C(=O)CN2C(=O)CNC2=O)cc1. The molecule has 1 aromatic rings. The number of likely N-dealkylation sites (N-methyl/N-ethyl adjacent to an activating group) is 1. The van der Waals surface area contributed by atoms with E-state index in [9.17, 15) is 14.4 Å². The van der Waals surface area contributed by atoms with Crippen molar-refractivity contribution in [2.24, 2.45) is 0 Å². The second-order valence-corrected chi connectivity index (χ2v) is 6.64. The lowest BCUT2D eigenvalue weighted by atomic mass is 10.2. The number of carbonyl (C=O) groups is 3. The van der Waals surface area contributed by atoms with Crippen LogP contribution in [0.1, 0.15) is 12.0 Å². The molecule has 0 aliphatic carbocycles. The molecule has 0 atom stereocenters. The van der Waals surface area contributed by atoms with E-state index in [4.69, 9.17) is 0 Å². The second kappa shape index (κ2) is 8.01. The molecule has 1 fully saturated rings. The highest BCUT2D eigenvalue weighted by atomic mass is 32.2. The van der Waals surface area contributed by atoms with Crippen LogP contribution < -0.4 is 5.32 Å². The van der Waals surface area contributed by atoms with Crippen LogP contribution in [-0.4, -0.2) is 60.1 Å². The summed E-state index contributed by atoms with van der Waals surface area (Å²) in [4.78, 5) is 38.6. The molecule has 1 saturated heterocycles. The molecule has 1 aliphatic rings. The molecule has 1 aromatic carbocycles. The summed E-state index contributed by atoms with van der Waals surface area (Å²) in [6.07, 6.45) is 0.848. The van der Waals surface area contributed by atoms with Crippen LogP contribution in [0.4, 0.5) is 4.79 Å². The molecular formula is C16H21N3O3S. The quantitative estimate of drug-likeness (QED) is 0.466. The maximum atomic E-state index is 12.0. The summed E-state index contributed by atoms with van der Waals surface area (Å²) in [7, 11) is 1.69. The Morgan fingerprint density at radius 2 is 2.00 bits per heavy atom. The number of imide groups is 1. The van der Waals surface area contributed by atoms with E-state index >= 15 is 0 Å². The van der Waals surface area contributed by atoms with E-state index in [1.165, 1.54) is 10.5 Å². The van der Waals surface area contributed by atoms with Gasteiger partial charge < -0.3 is 10.2 Å². The van der Waals surface area contributed by atoms with Crippen molar-refractivity contribution in [1.29, 1.82) is 0 Å². The third-order valence-electron chi connectivity index (χ3n) is 3.58. The summed E-state index contributed by atoms with van der Waals surface area (Å²) in [6, 6.07) is 7.84. The molecule has 4 amide bonds. The zero-order valence-electron chi connectivity index (χ0n) is 13.4. The highest BCUT2D eigenvalue weighted by molar-refractivity contribution is 7.99. The number of hydrogen-bond acceptors (Lipinski definition) is 4. The van der Waals surface area contributed by atoms with Gasteiger partial charge in [0.25, 0.3) is 5.91 Å². The Morgan fingerprint density at radius 3 is 2.61 bits per heavy atom. The summed E-state index contributed by atoms with van der Waals surface area (Å²) < 4.78 is 0. The zero-order chi connectivity index (χ0) is 16.8. The van der Waals surface area contributed by atoms with Crippen molar-refractivity contribution in [3.05, 3.63) is 29.8 Å². The molecule has 0 aromatic heterocycles. The van der Waals surface area contributed by atoms with Crippen molar-refractivity contribution < 1.29 is 14.4 Å². The van der Waals surface area contributed by atoms with Gasteiger partial charge in [-0.3, -0.25) is 14.5 Å². The van der Waals surface area contributed by atoms with Crippen molar-refractivity contribution >= 4 is 29.6 Å². The van der Waals surface area contributed by atoms with E-state index < -0.39 is 6.03 Å². The number of nitrogens with zero attached hydrogens (tertiary/aromatic N) is 2. The van der Waals surface area contributed by atoms with Gasteiger partial charge in [0, 0.05) is 18.5 Å². The first kappa shape index (κ1) is 17.3. The standard InChI is InChI=1S/C16H21N3O3S/c1-12-4-6-13(7-5-12)23-9-3-8-18(2)15(21)11-19-14(20)10-17-16(19)22/h4-7H,3,8-11H2,1-2H3,(H,17,22). The first-order valence-corrected chi connectivity index (χ1v) is 8.47. The van der Waals surface area contributed by atoms with Gasteiger partial charge in [0.1, 0.15) is 6.54 Å². The second-order valence-electron chi connectivity index (χ2n) is 5.47. The average Bonchev–Trinajstić information content (AvgIpc) is 2.85. The predicted octanol–water partition coefficient (Wildman–Crippen LogP) is 1.49. The van der Waals surface area contributed by atoms with E-state index in [-0.39, 0.29) is 24.9 Å². The molecule has 7 heteroatoms. The first-order valence-electron chi connectivity index (χ1n) is 7.49. The van der Waals surface area contributed by atoms with E-state index in [1.54, 1.807) is 23.7 Å². The third kappa shape index (κ3) is 4.99. The van der Waals surface area contributed by atoms with Crippen molar-refractivity contribution in [2.45, 2.75) is 18.2 Å². The normalized spacial score (nSPS) is 14.1. The lowest BCUT2D eigenvalue weighted by Crippen LogP contribution is -2.42. The fraction of sp³-hybridized carbons (Fsp3) is 0.438. The van der Waals surface area contributed by atoms with Gasteiger partial charge in [-0.2, -0.15) is 0 Å². The monoisotopic (exact) mass is 335 g/mol. The fourth-order valence-electron chi connectivity index (χ4n) is 2.12. The zero-order valence-corrected chi connectivity index (χ0v) is 14.2. The number of amides is 4. The van der Waals surface area contributed by atoms with Gasteiger partial charge in [-0.25, -0.2) is 4.79 Å². The van der Waals surface area contributed by atoms with Crippen molar-refractivity contribution in [1.82, 2.24) is 15.1 Å². The first-order chi connectivity index (χ1) is 11.0. The number of aryl methyl sites for hydroxylation is 1. The molecule has 1 aliphatic heterocycles. The smallest absolute Gasteiger partial charge is 0.325 e. The highest BCUT2D eigenvalue weighted by Gasteiger charge is 2.30. The molecule has 1 heterocycles. The van der Waals surface area contributed by atoms with Gasteiger partial charge in [0.05, 0.1) is 6.54 Å². The molecule has 0 bridgehead atoms. The highest BCUT2D eigenvalue weighted by Crippen LogP contribution is 2.19. The van der Waals surface area contributed by atoms with Crippen LogP contribution in [0.5, 0.6) is 0 Å². The Balaban J connectivity index is 1.68. The third-order valence-corrected chi connectivity index (χ3v) is 4.68. The maximum absolute atomic E-state index is 12.0. The lowest BCUT2D eigenvalue weighted by molar-refractivity contribution is -0.135. The lowest BCUT2D eigenvalue weighted by Gasteiger charge is -2.20. The van der Waals surface area contributed by atoms with Gasteiger partial charge in [-0.05, 0) is 31.2 Å². The molecule has 23 heavy (non-hydrogen) atoms. The van der Waals surface area contributed by atoms with Gasteiger partial charge >= 0.3 is 6.03 Å². The predicted molar refractivity (Wildman–Crippen MR) is 89.3 cm³/mol. The van der Waals surface area contributed by atoms with Crippen molar-refractivity contribution in [2.75, 3.05) is 32.4 Å². The molecule has 1 N–H and O–H groups in total. The molecular weight excluding hydrogens is 314 g/mol. The van der Waals surface area contributed by atoms with Crippen LogP contribution in [0.3, 0.4) is 0 Å². The fourth-order valence-corrected chi connectivity index (χ4v) is 2.96. The maximum Gasteiger partial charge on any atom is 0.325 e. The topological polar surface area (TPSA) is 69.7 Å². The van der Waals surface area contributed by atoms with Gasteiger partial charge in [-0.1, -0.05) is 17.7 Å². The molecule has 0 radical (unpaired) electrons. The summed E-state index contributed by atoms with van der Waals surface area (Å²) in [5.41, 5.74) is 1.24. The molecule has 124 valence electrons. The Bertz CT molecular complexity index is 573. The van der Waals surface area contributed by atoms with Crippen LogP contribution in [0, 0.1) is 6.92 Å². The van der Waals surface area contributed by atoms with Crippen LogP contribution >= 0.6 is 11.8 Å². The summed E-state index contributed by atoms with van der Waals surface area (Å²) in [5, 5.41) is 2.40. The number of carbonyl (C=O) groups excluding carboxylic acids is 3. The number of hydrogen-bond donors (Lipinski definition) is 1. The number of benzene rings is 1. The summed E-state index contributed by atoms with van der Waals surface area (Å²) in [5.74, 6) is 0.325. The molecule has 0 saturated carbocycles. The van der Waals surface area contributed by atoms with Crippen molar-refractivity contribution in [3.63, 3.8) is 0 Å². The molecule has 6 nitrogen and oxygen atoms in total. The molecule has 2 rings (SSSR count). The van der Waals surface area contributed by atoms with Crippen molar-refractivity contribution in [3.8, 4) is 0 Å². The molecule has 0 spiro atoms. The average molecular weight is 335 g/mol. The Hall–Kier alpha value is -2.02. The Morgan fingerprint density at radius 1 is 1.30 bits per heavy atom. The van der Waals surface area contributed by atoms with E-state index in [0.717, 1.165) is 17.1 Å². The van der Waals surface area contributed by atoms with Crippen LogP contribution in [-0.2, 0) is 9.59 Å². The minimum atomic E-state index is -0.494. The largest absolute Gasteiger partial charge is 0.344 e. The van der Waals surface area contributed by atoms with Gasteiger partial charge in [-0.15, -0.1) is 11.8 Å². The van der Waals surface area contributed by atoms with Crippen LogP contribution in [0.15, 0.2) is 29.2 Å². The van der Waals surface area contributed by atoms with E-state index in [2.05, 4.69) is 36.5 Å². The number of nitrogens with one attached hydrogen (secondary N) is 1. The van der Waals surface area contributed by atoms with Crippen LogP contribution in [0.25, 0.3) is 0 Å². The minimum absolute atomic E-state index is 0.0248.